The van der Waals surface area contributed by atoms with E-state index in [1.165, 1.54) is 11.3 Å². The van der Waals surface area contributed by atoms with Crippen molar-refractivity contribution in [1.29, 1.82) is 0 Å². The molecule has 0 aromatic rings. The van der Waals surface area contributed by atoms with Crippen molar-refractivity contribution in [3.63, 3.8) is 0 Å². The van der Waals surface area contributed by atoms with Gasteiger partial charge in [0.15, 0.2) is 0 Å². The average molecular weight is 300 g/mol. The minimum absolute atomic E-state index is 0.0927. The number of esters is 1. The minimum Gasteiger partial charge on any atom is -0.463 e. The third-order valence-electron chi connectivity index (χ3n) is 2.65. The van der Waals surface area contributed by atoms with Crippen LogP contribution in [0.5, 0.6) is 0 Å². The normalized spacial score (nSPS) is 12.3. The lowest BCUT2D eigenvalue weighted by molar-refractivity contribution is -0.138. The Morgan fingerprint density at radius 3 is 2.10 bits per heavy atom. The zero-order valence-electron chi connectivity index (χ0n) is 14.6. The molecule has 0 aromatic heterocycles. The van der Waals surface area contributed by atoms with Gasteiger partial charge in [0, 0.05) is 19.2 Å². The first kappa shape index (κ1) is 21.9. The maximum Gasteiger partial charge on any atom is 0.333 e. The number of amides is 1. The molecule has 0 aromatic carbocycles. The standard InChI is InChI=1S/C13H24N2O3.C3H8/c1-6-18-13(17)10(4)7-8-15(5)12(16)11(14)9(2)3;1-3-2/h7,9,11H,6,8,14H2,1-5H3;3H2,1-2H3/b10-7+;. The molecule has 0 saturated heterocycles. The van der Waals surface area contributed by atoms with E-state index in [4.69, 9.17) is 10.5 Å². The lowest BCUT2D eigenvalue weighted by atomic mass is 10.0. The predicted molar refractivity (Wildman–Crippen MR) is 86.8 cm³/mol. The van der Waals surface area contributed by atoms with Crippen molar-refractivity contribution < 1.29 is 14.3 Å². The number of nitrogens with two attached hydrogens (primary N) is 1. The van der Waals surface area contributed by atoms with Gasteiger partial charge in [-0.05, 0) is 19.8 Å². The van der Waals surface area contributed by atoms with E-state index in [0.717, 1.165) is 0 Å². The van der Waals surface area contributed by atoms with Crippen LogP contribution in [0.2, 0.25) is 0 Å². The fourth-order valence-corrected chi connectivity index (χ4v) is 1.23. The Hall–Kier alpha value is -1.36. The molecule has 0 rings (SSSR count). The third-order valence-corrected chi connectivity index (χ3v) is 2.65. The van der Waals surface area contributed by atoms with E-state index in [1.807, 2.05) is 13.8 Å². The summed E-state index contributed by atoms with van der Waals surface area (Å²) in [6, 6.07) is -0.508. The summed E-state index contributed by atoms with van der Waals surface area (Å²) in [5, 5.41) is 0. The van der Waals surface area contributed by atoms with Crippen LogP contribution >= 0.6 is 0 Å². The molecule has 0 heterocycles. The second-order valence-electron chi connectivity index (χ2n) is 5.30. The van der Waals surface area contributed by atoms with Crippen molar-refractivity contribution in [3.8, 4) is 0 Å². The van der Waals surface area contributed by atoms with Gasteiger partial charge in [0.25, 0.3) is 0 Å². The molecule has 0 aliphatic rings. The van der Waals surface area contributed by atoms with E-state index in [1.54, 1.807) is 27.0 Å². The van der Waals surface area contributed by atoms with Crippen LogP contribution in [0.1, 0.15) is 48.0 Å². The summed E-state index contributed by atoms with van der Waals surface area (Å²) in [6.45, 7) is 12.2. The van der Waals surface area contributed by atoms with Crippen LogP contribution in [0.25, 0.3) is 0 Å². The second-order valence-corrected chi connectivity index (χ2v) is 5.30. The van der Waals surface area contributed by atoms with Gasteiger partial charge in [0.2, 0.25) is 5.91 Å². The SMILES string of the molecule is CCC.CCOC(=O)/C(C)=C/CN(C)C(=O)C(N)C(C)C. The second kappa shape index (κ2) is 12.4. The van der Waals surface area contributed by atoms with Crippen molar-refractivity contribution >= 4 is 11.9 Å². The van der Waals surface area contributed by atoms with Gasteiger partial charge in [-0.25, -0.2) is 4.79 Å². The van der Waals surface area contributed by atoms with Gasteiger partial charge >= 0.3 is 5.97 Å². The molecule has 0 spiro atoms. The third kappa shape index (κ3) is 10.1. The number of likely N-dealkylation sites (N-methyl/N-ethyl adjacent to an activating group) is 1. The Labute approximate surface area is 129 Å². The summed E-state index contributed by atoms with van der Waals surface area (Å²) in [4.78, 5) is 24.7. The van der Waals surface area contributed by atoms with Crippen LogP contribution in [0.3, 0.4) is 0 Å². The van der Waals surface area contributed by atoms with E-state index >= 15 is 0 Å². The maximum absolute atomic E-state index is 11.8. The summed E-state index contributed by atoms with van der Waals surface area (Å²) in [7, 11) is 1.67. The average Bonchev–Trinajstić information content (AvgIpc) is 2.43. The summed E-state index contributed by atoms with van der Waals surface area (Å²) in [6.07, 6.45) is 2.92. The van der Waals surface area contributed by atoms with Gasteiger partial charge in [0.05, 0.1) is 12.6 Å². The van der Waals surface area contributed by atoms with Crippen LogP contribution in [0.15, 0.2) is 11.6 Å². The summed E-state index contributed by atoms with van der Waals surface area (Å²) >= 11 is 0. The maximum atomic E-state index is 11.8. The molecule has 1 unspecified atom stereocenters. The first-order valence-electron chi connectivity index (χ1n) is 7.57. The fraction of sp³-hybridized carbons (Fsp3) is 0.750. The van der Waals surface area contributed by atoms with Gasteiger partial charge in [-0.1, -0.05) is 40.2 Å². The van der Waals surface area contributed by atoms with E-state index in [0.29, 0.717) is 18.7 Å². The molecule has 5 heteroatoms. The number of carbonyl (C=O) groups excluding carboxylic acids is 2. The van der Waals surface area contributed by atoms with Crippen LogP contribution in [0.4, 0.5) is 0 Å². The molecule has 124 valence electrons. The molecule has 0 bridgehead atoms. The van der Waals surface area contributed by atoms with E-state index in [-0.39, 0.29) is 17.8 Å². The van der Waals surface area contributed by atoms with E-state index < -0.39 is 6.04 Å². The predicted octanol–water partition coefficient (Wildman–Crippen LogP) is 2.35. The van der Waals surface area contributed by atoms with Crippen molar-refractivity contribution in [2.45, 2.75) is 54.0 Å². The molecule has 21 heavy (non-hydrogen) atoms. The van der Waals surface area contributed by atoms with E-state index in [2.05, 4.69) is 13.8 Å². The summed E-state index contributed by atoms with van der Waals surface area (Å²) < 4.78 is 4.85. The van der Waals surface area contributed by atoms with Gasteiger partial charge in [-0.3, -0.25) is 4.79 Å². The zero-order valence-corrected chi connectivity index (χ0v) is 14.6. The lowest BCUT2D eigenvalue weighted by Gasteiger charge is -2.22. The number of ether oxygens (including phenoxy) is 1. The quantitative estimate of drug-likeness (QED) is 0.603. The molecule has 0 saturated carbocycles. The van der Waals surface area contributed by atoms with Crippen molar-refractivity contribution in [2.24, 2.45) is 11.7 Å². The number of hydrogen-bond acceptors (Lipinski definition) is 4. The highest BCUT2D eigenvalue weighted by Crippen LogP contribution is 2.03. The van der Waals surface area contributed by atoms with Gasteiger partial charge in [-0.15, -0.1) is 0 Å². The molecule has 1 atom stereocenters. The highest BCUT2D eigenvalue weighted by Gasteiger charge is 2.20. The van der Waals surface area contributed by atoms with Crippen LogP contribution in [-0.4, -0.2) is 43.0 Å². The highest BCUT2D eigenvalue weighted by atomic mass is 16.5. The molecule has 0 fully saturated rings. The lowest BCUT2D eigenvalue weighted by Crippen LogP contribution is -2.44. The summed E-state index contributed by atoms with van der Waals surface area (Å²) in [5.74, 6) is -0.389. The topological polar surface area (TPSA) is 72.6 Å². The molecule has 5 nitrogen and oxygen atoms in total. The van der Waals surface area contributed by atoms with Crippen LogP contribution < -0.4 is 5.73 Å². The molecular weight excluding hydrogens is 268 g/mol. The van der Waals surface area contributed by atoms with Crippen molar-refractivity contribution in [1.82, 2.24) is 4.90 Å². The monoisotopic (exact) mass is 300 g/mol. The minimum atomic E-state index is -0.508. The van der Waals surface area contributed by atoms with Crippen molar-refractivity contribution in [3.05, 3.63) is 11.6 Å². The number of rotatable bonds is 6. The Balaban J connectivity index is 0. The van der Waals surface area contributed by atoms with Gasteiger partial charge in [-0.2, -0.15) is 0 Å². The fourth-order valence-electron chi connectivity index (χ4n) is 1.23. The Morgan fingerprint density at radius 1 is 1.24 bits per heavy atom. The largest absolute Gasteiger partial charge is 0.463 e. The Kier molecular flexibility index (Phi) is 12.9. The van der Waals surface area contributed by atoms with E-state index in [9.17, 15) is 9.59 Å². The Bertz CT molecular complexity index is 338. The molecule has 0 aliphatic heterocycles. The van der Waals surface area contributed by atoms with Crippen LogP contribution in [0, 0.1) is 5.92 Å². The smallest absolute Gasteiger partial charge is 0.333 e. The molecule has 2 N–H and O–H groups in total. The molecular formula is C16H32N2O3. The highest BCUT2D eigenvalue weighted by molar-refractivity contribution is 5.88. The van der Waals surface area contributed by atoms with Gasteiger partial charge < -0.3 is 15.4 Å². The molecule has 0 radical (unpaired) electrons. The van der Waals surface area contributed by atoms with Crippen LogP contribution in [-0.2, 0) is 14.3 Å². The first-order chi connectivity index (χ1) is 9.72. The van der Waals surface area contributed by atoms with Crippen molar-refractivity contribution in [2.75, 3.05) is 20.2 Å². The molecule has 0 aliphatic carbocycles. The Morgan fingerprint density at radius 2 is 1.71 bits per heavy atom. The number of carbonyl (C=O) groups is 2. The number of nitrogens with zero attached hydrogens (tertiary/aromatic N) is 1. The van der Waals surface area contributed by atoms with Gasteiger partial charge in [0.1, 0.15) is 0 Å². The number of hydrogen-bond donors (Lipinski definition) is 1. The summed E-state index contributed by atoms with van der Waals surface area (Å²) in [5.41, 5.74) is 6.27. The molecule has 1 amide bonds. The first-order valence-corrected chi connectivity index (χ1v) is 7.57. The zero-order chi connectivity index (χ0) is 17.0.